The fourth-order valence-electron chi connectivity index (χ4n) is 3.33. The average molecular weight is 328 g/mol. The van der Waals surface area contributed by atoms with E-state index in [1.165, 1.54) is 19.3 Å². The molecule has 1 aliphatic heterocycles. The highest BCUT2D eigenvalue weighted by molar-refractivity contribution is 6.31. The quantitative estimate of drug-likeness (QED) is 0.709. The second-order valence-electron chi connectivity index (χ2n) is 6.13. The molecule has 1 unspecified atom stereocenters. The summed E-state index contributed by atoms with van der Waals surface area (Å²) in [6, 6.07) is 17.5. The Morgan fingerprint density at radius 1 is 0.957 bits per heavy atom. The van der Waals surface area contributed by atoms with E-state index in [4.69, 9.17) is 11.6 Å². The van der Waals surface area contributed by atoms with Crippen molar-refractivity contribution in [2.75, 3.05) is 13.1 Å². The summed E-state index contributed by atoms with van der Waals surface area (Å²) in [5.41, 5.74) is 1.85. The molecule has 1 fully saturated rings. The van der Waals surface area contributed by atoms with E-state index >= 15 is 0 Å². The molecule has 0 aromatic heterocycles. The van der Waals surface area contributed by atoms with Gasteiger partial charge in [0, 0.05) is 23.0 Å². The van der Waals surface area contributed by atoms with Gasteiger partial charge in [-0.3, -0.25) is 9.69 Å². The van der Waals surface area contributed by atoms with Crippen LogP contribution in [0.3, 0.4) is 0 Å². The van der Waals surface area contributed by atoms with E-state index < -0.39 is 0 Å². The Bertz CT molecular complexity index is 650. The van der Waals surface area contributed by atoms with Crippen molar-refractivity contribution in [3.05, 3.63) is 70.7 Å². The van der Waals surface area contributed by atoms with Crippen molar-refractivity contribution in [1.29, 1.82) is 0 Å². The molecule has 1 atom stereocenters. The Hall–Kier alpha value is -1.64. The Kier molecular flexibility index (Phi) is 5.47. The first-order chi connectivity index (χ1) is 11.3. The zero-order valence-electron chi connectivity index (χ0n) is 13.2. The molecule has 3 rings (SSSR count). The number of nitrogens with zero attached hydrogens (tertiary/aromatic N) is 1. The summed E-state index contributed by atoms with van der Waals surface area (Å²) >= 11 is 6.43. The Balaban J connectivity index is 1.86. The number of rotatable bonds is 5. The van der Waals surface area contributed by atoms with Gasteiger partial charge in [-0.2, -0.15) is 0 Å². The topological polar surface area (TPSA) is 20.3 Å². The molecular formula is C20H22ClNO. The number of halogens is 1. The third-order valence-electron chi connectivity index (χ3n) is 4.57. The first kappa shape index (κ1) is 16.2. The number of hydrogen-bond donors (Lipinski definition) is 0. The highest BCUT2D eigenvalue weighted by Crippen LogP contribution is 2.33. The molecule has 0 saturated carbocycles. The molecule has 0 radical (unpaired) electrons. The predicted octanol–water partition coefficient (Wildman–Crippen LogP) is 5.14. The lowest BCUT2D eigenvalue weighted by atomic mass is 9.94. The Morgan fingerprint density at radius 3 is 2.30 bits per heavy atom. The summed E-state index contributed by atoms with van der Waals surface area (Å²) in [5, 5.41) is 0.754. The fourth-order valence-corrected chi connectivity index (χ4v) is 3.59. The summed E-state index contributed by atoms with van der Waals surface area (Å²) in [6.45, 7) is 2.08. The zero-order chi connectivity index (χ0) is 16.1. The number of piperidine rings is 1. The number of hydrogen-bond acceptors (Lipinski definition) is 2. The van der Waals surface area contributed by atoms with E-state index in [2.05, 4.69) is 11.0 Å². The molecule has 1 aliphatic rings. The molecular weight excluding hydrogens is 306 g/mol. The molecule has 23 heavy (non-hydrogen) atoms. The van der Waals surface area contributed by atoms with Crippen LogP contribution in [0, 0.1) is 0 Å². The third kappa shape index (κ3) is 4.01. The van der Waals surface area contributed by atoms with Gasteiger partial charge in [0.15, 0.2) is 5.78 Å². The molecule has 1 heterocycles. The van der Waals surface area contributed by atoms with Crippen molar-refractivity contribution < 1.29 is 4.79 Å². The third-order valence-corrected chi connectivity index (χ3v) is 4.91. The van der Waals surface area contributed by atoms with Gasteiger partial charge < -0.3 is 0 Å². The van der Waals surface area contributed by atoms with E-state index in [1.54, 1.807) is 0 Å². The summed E-state index contributed by atoms with van der Waals surface area (Å²) < 4.78 is 0. The number of carbonyl (C=O) groups is 1. The molecule has 2 aromatic carbocycles. The van der Waals surface area contributed by atoms with Gasteiger partial charge in [0.25, 0.3) is 0 Å². The summed E-state index contributed by atoms with van der Waals surface area (Å²) in [5.74, 6) is 0.182. The molecule has 2 aromatic rings. The van der Waals surface area contributed by atoms with Crippen molar-refractivity contribution in [3.63, 3.8) is 0 Å². The predicted molar refractivity (Wildman–Crippen MR) is 95.0 cm³/mol. The van der Waals surface area contributed by atoms with Gasteiger partial charge >= 0.3 is 0 Å². The first-order valence-electron chi connectivity index (χ1n) is 8.32. The standard InChI is InChI=1S/C20H22ClNO/c21-18-12-6-5-11-17(18)19(22-13-7-2-8-14-22)15-20(23)16-9-3-1-4-10-16/h1,3-6,9-12,19H,2,7-8,13-15H2. The van der Waals surface area contributed by atoms with Crippen LogP contribution in [0.2, 0.25) is 5.02 Å². The maximum absolute atomic E-state index is 12.7. The molecule has 3 heteroatoms. The second-order valence-corrected chi connectivity index (χ2v) is 6.53. The monoisotopic (exact) mass is 327 g/mol. The minimum atomic E-state index is 0.0664. The average Bonchev–Trinajstić information content (AvgIpc) is 2.62. The van der Waals surface area contributed by atoms with Gasteiger partial charge in [-0.05, 0) is 37.6 Å². The largest absolute Gasteiger partial charge is 0.296 e. The van der Waals surface area contributed by atoms with E-state index in [0.717, 1.165) is 29.2 Å². The molecule has 2 nitrogen and oxygen atoms in total. The minimum absolute atomic E-state index is 0.0664. The maximum Gasteiger partial charge on any atom is 0.164 e. The molecule has 0 bridgehead atoms. The lowest BCUT2D eigenvalue weighted by Gasteiger charge is -2.35. The molecule has 120 valence electrons. The van der Waals surface area contributed by atoms with Crippen LogP contribution in [0.15, 0.2) is 54.6 Å². The van der Waals surface area contributed by atoms with Crippen molar-refractivity contribution in [2.24, 2.45) is 0 Å². The van der Waals surface area contributed by atoms with Crippen molar-refractivity contribution in [2.45, 2.75) is 31.7 Å². The highest BCUT2D eigenvalue weighted by Gasteiger charge is 2.26. The SMILES string of the molecule is O=C(CC(c1ccccc1Cl)N1CCCCC1)c1ccccc1. The normalized spacial score (nSPS) is 16.9. The van der Waals surface area contributed by atoms with Crippen molar-refractivity contribution >= 4 is 17.4 Å². The first-order valence-corrected chi connectivity index (χ1v) is 8.70. The lowest BCUT2D eigenvalue weighted by Crippen LogP contribution is -2.35. The summed E-state index contributed by atoms with van der Waals surface area (Å²) in [4.78, 5) is 15.1. The van der Waals surface area contributed by atoms with E-state index in [0.29, 0.717) is 6.42 Å². The maximum atomic E-state index is 12.7. The van der Waals surface area contributed by atoms with Crippen LogP contribution in [0.25, 0.3) is 0 Å². The Labute approximate surface area is 143 Å². The van der Waals surface area contributed by atoms with Gasteiger partial charge in [0.1, 0.15) is 0 Å². The van der Waals surface area contributed by atoms with Crippen molar-refractivity contribution in [1.82, 2.24) is 4.90 Å². The molecule has 0 spiro atoms. The van der Waals surface area contributed by atoms with Gasteiger partial charge in [-0.15, -0.1) is 0 Å². The summed E-state index contributed by atoms with van der Waals surface area (Å²) in [6.07, 6.45) is 4.15. The molecule has 1 saturated heterocycles. The molecule has 0 amide bonds. The van der Waals surface area contributed by atoms with Crippen LogP contribution in [-0.4, -0.2) is 23.8 Å². The number of benzene rings is 2. The van der Waals surface area contributed by atoms with Gasteiger partial charge in [0.2, 0.25) is 0 Å². The second kappa shape index (κ2) is 7.76. The lowest BCUT2D eigenvalue weighted by molar-refractivity contribution is 0.0895. The van der Waals surface area contributed by atoms with Crippen LogP contribution < -0.4 is 0 Å². The van der Waals surface area contributed by atoms with Gasteiger partial charge in [-0.25, -0.2) is 0 Å². The smallest absolute Gasteiger partial charge is 0.164 e. The number of ketones is 1. The van der Waals surface area contributed by atoms with E-state index in [1.807, 2.05) is 48.5 Å². The van der Waals surface area contributed by atoms with Crippen molar-refractivity contribution in [3.8, 4) is 0 Å². The minimum Gasteiger partial charge on any atom is -0.296 e. The number of likely N-dealkylation sites (tertiary alicyclic amines) is 1. The molecule has 0 N–H and O–H groups in total. The number of carbonyl (C=O) groups excluding carboxylic acids is 1. The number of Topliss-reactive ketones (excluding diaryl/α,β-unsaturated/α-hetero) is 1. The van der Waals surface area contributed by atoms with Crippen LogP contribution >= 0.6 is 11.6 Å². The van der Waals surface area contributed by atoms with Gasteiger partial charge in [0.05, 0.1) is 0 Å². The highest BCUT2D eigenvalue weighted by atomic mass is 35.5. The van der Waals surface area contributed by atoms with Crippen LogP contribution in [-0.2, 0) is 0 Å². The van der Waals surface area contributed by atoms with E-state index in [-0.39, 0.29) is 11.8 Å². The summed E-state index contributed by atoms with van der Waals surface area (Å²) in [7, 11) is 0. The van der Waals surface area contributed by atoms with E-state index in [9.17, 15) is 4.79 Å². The molecule has 0 aliphatic carbocycles. The zero-order valence-corrected chi connectivity index (χ0v) is 14.0. The van der Waals surface area contributed by atoms with Crippen LogP contribution in [0.4, 0.5) is 0 Å². The van der Waals surface area contributed by atoms with Gasteiger partial charge in [-0.1, -0.05) is 66.6 Å². The Morgan fingerprint density at radius 2 is 1.61 bits per heavy atom. The van der Waals surface area contributed by atoms with Crippen LogP contribution in [0.1, 0.15) is 47.6 Å². The fraction of sp³-hybridized carbons (Fsp3) is 0.350. The van der Waals surface area contributed by atoms with Crippen LogP contribution in [0.5, 0.6) is 0 Å².